The number of hydrogen-bond donors (Lipinski definition) is 1. The second kappa shape index (κ2) is 7.85. The molecule has 126 valence electrons. The molecule has 1 N–H and O–H groups in total. The number of morpholine rings is 1. The number of rotatable bonds is 6. The van der Waals surface area contributed by atoms with Crippen LogP contribution in [0.15, 0.2) is 48.7 Å². The van der Waals surface area contributed by atoms with E-state index < -0.39 is 4.92 Å². The van der Waals surface area contributed by atoms with Crippen molar-refractivity contribution >= 4 is 11.5 Å². The number of pyridine rings is 1. The van der Waals surface area contributed by atoms with Crippen LogP contribution in [0.3, 0.4) is 0 Å². The fraction of sp³-hybridized carbons (Fsp3) is 0.353. The lowest BCUT2D eigenvalue weighted by atomic mass is 10.1. The minimum atomic E-state index is -0.445. The molecule has 1 saturated heterocycles. The summed E-state index contributed by atoms with van der Waals surface area (Å²) >= 11 is 0. The van der Waals surface area contributed by atoms with Gasteiger partial charge in [-0.25, -0.2) is 4.98 Å². The van der Waals surface area contributed by atoms with Gasteiger partial charge in [-0.15, -0.1) is 0 Å². The molecule has 24 heavy (non-hydrogen) atoms. The van der Waals surface area contributed by atoms with Crippen LogP contribution >= 0.6 is 0 Å². The summed E-state index contributed by atoms with van der Waals surface area (Å²) in [6, 6.07) is 13.3. The van der Waals surface area contributed by atoms with Crippen LogP contribution in [0.25, 0.3) is 0 Å². The summed E-state index contributed by atoms with van der Waals surface area (Å²) in [7, 11) is 0. The second-order valence-electron chi connectivity index (χ2n) is 5.68. The fourth-order valence-corrected chi connectivity index (χ4v) is 2.72. The molecule has 1 aliphatic rings. The van der Waals surface area contributed by atoms with Crippen LogP contribution < -0.4 is 5.32 Å². The zero-order valence-corrected chi connectivity index (χ0v) is 13.3. The van der Waals surface area contributed by atoms with Crippen LogP contribution in [0.4, 0.5) is 11.5 Å². The zero-order chi connectivity index (χ0) is 16.8. The van der Waals surface area contributed by atoms with Crippen molar-refractivity contribution in [3.63, 3.8) is 0 Å². The van der Waals surface area contributed by atoms with Crippen molar-refractivity contribution in [1.29, 1.82) is 0 Å². The standard InChI is InChI=1S/C17H20N4O3/c22-21(23)15-6-7-17(18-12-15)19-16(14-4-2-1-3-5-14)13-20-8-10-24-11-9-20/h1-7,12,16H,8-11,13H2,(H,18,19)/t16-/m0/s1. The number of nitrogens with zero attached hydrogens (tertiary/aromatic N) is 3. The van der Waals surface area contributed by atoms with E-state index in [0.29, 0.717) is 5.82 Å². The number of aromatic nitrogens is 1. The minimum Gasteiger partial charge on any atom is -0.379 e. The molecule has 0 amide bonds. The van der Waals surface area contributed by atoms with Crippen molar-refractivity contribution in [2.45, 2.75) is 6.04 Å². The normalized spacial score (nSPS) is 16.5. The molecule has 0 unspecified atom stereocenters. The first kappa shape index (κ1) is 16.4. The molecular weight excluding hydrogens is 308 g/mol. The predicted molar refractivity (Wildman–Crippen MR) is 91.0 cm³/mol. The van der Waals surface area contributed by atoms with E-state index in [-0.39, 0.29) is 11.7 Å². The first-order valence-electron chi connectivity index (χ1n) is 7.94. The Morgan fingerprint density at radius 2 is 1.96 bits per heavy atom. The van der Waals surface area contributed by atoms with Crippen LogP contribution in [0.5, 0.6) is 0 Å². The van der Waals surface area contributed by atoms with Crippen LogP contribution in [0.2, 0.25) is 0 Å². The molecule has 7 nitrogen and oxygen atoms in total. The van der Waals surface area contributed by atoms with E-state index in [1.54, 1.807) is 6.07 Å². The van der Waals surface area contributed by atoms with Gasteiger partial charge in [0.25, 0.3) is 5.69 Å². The van der Waals surface area contributed by atoms with Gasteiger partial charge in [-0.05, 0) is 11.6 Å². The van der Waals surface area contributed by atoms with Gasteiger partial charge in [-0.1, -0.05) is 30.3 Å². The lowest BCUT2D eigenvalue weighted by Gasteiger charge is -2.31. The first-order chi connectivity index (χ1) is 11.7. The molecule has 1 aliphatic heterocycles. The van der Waals surface area contributed by atoms with Gasteiger partial charge in [-0.3, -0.25) is 15.0 Å². The molecule has 2 heterocycles. The topological polar surface area (TPSA) is 80.5 Å². The Kier molecular flexibility index (Phi) is 5.35. The van der Waals surface area contributed by atoms with Crippen molar-refractivity contribution in [1.82, 2.24) is 9.88 Å². The molecule has 2 aromatic rings. The third-order valence-corrected chi connectivity index (χ3v) is 4.03. The number of hydrogen-bond acceptors (Lipinski definition) is 6. The summed E-state index contributed by atoms with van der Waals surface area (Å²) in [5.74, 6) is 0.628. The summed E-state index contributed by atoms with van der Waals surface area (Å²) < 4.78 is 5.40. The molecular formula is C17H20N4O3. The molecule has 3 rings (SSSR count). The smallest absolute Gasteiger partial charge is 0.287 e. The highest BCUT2D eigenvalue weighted by Gasteiger charge is 2.19. The lowest BCUT2D eigenvalue weighted by Crippen LogP contribution is -2.40. The van der Waals surface area contributed by atoms with Crippen molar-refractivity contribution < 1.29 is 9.66 Å². The van der Waals surface area contributed by atoms with Crippen molar-refractivity contribution in [2.75, 3.05) is 38.2 Å². The number of benzene rings is 1. The molecule has 7 heteroatoms. The van der Waals surface area contributed by atoms with E-state index in [9.17, 15) is 10.1 Å². The monoisotopic (exact) mass is 328 g/mol. The maximum Gasteiger partial charge on any atom is 0.287 e. The lowest BCUT2D eigenvalue weighted by molar-refractivity contribution is -0.385. The summed E-state index contributed by atoms with van der Waals surface area (Å²) in [4.78, 5) is 16.8. The van der Waals surface area contributed by atoms with Gasteiger partial charge >= 0.3 is 0 Å². The van der Waals surface area contributed by atoms with Crippen molar-refractivity contribution in [2.24, 2.45) is 0 Å². The van der Waals surface area contributed by atoms with Crippen LogP contribution in [-0.2, 0) is 4.74 Å². The second-order valence-corrected chi connectivity index (χ2v) is 5.68. The average molecular weight is 328 g/mol. The highest BCUT2D eigenvalue weighted by molar-refractivity contribution is 5.42. The molecule has 0 bridgehead atoms. The highest BCUT2D eigenvalue weighted by atomic mass is 16.6. The van der Waals surface area contributed by atoms with E-state index in [4.69, 9.17) is 4.74 Å². The SMILES string of the molecule is O=[N+]([O-])c1ccc(N[C@@H](CN2CCOCC2)c2ccccc2)nc1. The Morgan fingerprint density at radius 1 is 1.21 bits per heavy atom. The van der Waals surface area contributed by atoms with Gasteiger partial charge in [0, 0.05) is 25.7 Å². The molecule has 1 fully saturated rings. The largest absolute Gasteiger partial charge is 0.379 e. The number of ether oxygens (including phenoxy) is 1. The van der Waals surface area contributed by atoms with Gasteiger partial charge in [0.1, 0.15) is 12.0 Å². The van der Waals surface area contributed by atoms with Crippen molar-refractivity contribution in [3.05, 3.63) is 64.3 Å². The van der Waals surface area contributed by atoms with Crippen LogP contribution in [0.1, 0.15) is 11.6 Å². The summed E-state index contributed by atoms with van der Waals surface area (Å²) in [6.45, 7) is 4.12. The van der Waals surface area contributed by atoms with E-state index >= 15 is 0 Å². The number of nitro groups is 1. The third kappa shape index (κ3) is 4.27. The first-order valence-corrected chi connectivity index (χ1v) is 7.94. The Bertz CT molecular complexity index is 657. The molecule has 1 aromatic heterocycles. The predicted octanol–water partition coefficient (Wildman–Crippen LogP) is 2.48. The summed E-state index contributed by atoms with van der Waals surface area (Å²) in [5, 5.41) is 14.1. The Morgan fingerprint density at radius 3 is 2.58 bits per heavy atom. The number of anilines is 1. The summed E-state index contributed by atoms with van der Waals surface area (Å²) in [5.41, 5.74) is 1.15. The maximum absolute atomic E-state index is 10.7. The molecule has 0 saturated carbocycles. The highest BCUT2D eigenvalue weighted by Crippen LogP contribution is 2.21. The van der Waals surface area contributed by atoms with Gasteiger partial charge < -0.3 is 10.1 Å². The van der Waals surface area contributed by atoms with E-state index in [1.165, 1.54) is 12.3 Å². The average Bonchev–Trinajstić information content (AvgIpc) is 2.63. The third-order valence-electron chi connectivity index (χ3n) is 4.03. The van der Waals surface area contributed by atoms with E-state index in [2.05, 4.69) is 27.3 Å². The molecule has 0 spiro atoms. The quantitative estimate of drug-likeness (QED) is 0.648. The van der Waals surface area contributed by atoms with E-state index in [1.807, 2.05) is 18.2 Å². The van der Waals surface area contributed by atoms with Gasteiger partial charge in [0.15, 0.2) is 0 Å². The molecule has 0 aliphatic carbocycles. The van der Waals surface area contributed by atoms with E-state index in [0.717, 1.165) is 38.4 Å². The van der Waals surface area contributed by atoms with Gasteiger partial charge in [0.05, 0.1) is 24.2 Å². The fourth-order valence-electron chi connectivity index (χ4n) is 2.72. The Hall–Kier alpha value is -2.51. The van der Waals surface area contributed by atoms with Gasteiger partial charge in [0.2, 0.25) is 0 Å². The van der Waals surface area contributed by atoms with Crippen molar-refractivity contribution in [3.8, 4) is 0 Å². The number of nitrogens with one attached hydrogen (secondary N) is 1. The molecule has 1 atom stereocenters. The van der Waals surface area contributed by atoms with Crippen LogP contribution in [0, 0.1) is 10.1 Å². The van der Waals surface area contributed by atoms with Crippen LogP contribution in [-0.4, -0.2) is 47.7 Å². The summed E-state index contributed by atoms with van der Waals surface area (Å²) in [6.07, 6.45) is 1.28. The van der Waals surface area contributed by atoms with Gasteiger partial charge in [-0.2, -0.15) is 0 Å². The maximum atomic E-state index is 10.7. The Labute approximate surface area is 140 Å². The Balaban J connectivity index is 1.75. The minimum absolute atomic E-state index is 0.00927. The molecule has 1 aromatic carbocycles. The zero-order valence-electron chi connectivity index (χ0n) is 13.3. The molecule has 0 radical (unpaired) electrons.